The largest absolute Gasteiger partial charge is 0.469 e. The van der Waals surface area contributed by atoms with Crippen molar-refractivity contribution in [2.45, 2.75) is 50.6 Å². The summed E-state index contributed by atoms with van der Waals surface area (Å²) in [5.41, 5.74) is 2.74. The van der Waals surface area contributed by atoms with Crippen molar-refractivity contribution in [2.24, 2.45) is 5.41 Å². The van der Waals surface area contributed by atoms with Crippen LogP contribution in [0, 0.1) is 11.2 Å². The molecule has 2 N–H and O–H groups in total. The highest BCUT2D eigenvalue weighted by Gasteiger charge is 2.42. The first-order valence-electron chi connectivity index (χ1n) is 14.9. The summed E-state index contributed by atoms with van der Waals surface area (Å²) >= 11 is 6.02. The van der Waals surface area contributed by atoms with Crippen molar-refractivity contribution in [3.8, 4) is 23.1 Å². The van der Waals surface area contributed by atoms with Crippen LogP contribution in [0.1, 0.15) is 31.7 Å². The van der Waals surface area contributed by atoms with E-state index in [9.17, 15) is 13.2 Å². The summed E-state index contributed by atoms with van der Waals surface area (Å²) in [6.45, 7) is 6.08. The van der Waals surface area contributed by atoms with Crippen molar-refractivity contribution < 1.29 is 36.5 Å². The minimum Gasteiger partial charge on any atom is -0.469 e. The zero-order chi connectivity index (χ0) is 31.7. The summed E-state index contributed by atoms with van der Waals surface area (Å²) in [7, 11) is 1.80. The maximum atomic E-state index is 16.6. The van der Waals surface area contributed by atoms with Crippen LogP contribution >= 0.6 is 11.6 Å². The van der Waals surface area contributed by atoms with Gasteiger partial charge in [0.15, 0.2) is 5.82 Å². The van der Waals surface area contributed by atoms with Gasteiger partial charge in [-0.3, -0.25) is 4.90 Å². The number of ether oxygens (including phenoxy) is 4. The van der Waals surface area contributed by atoms with Gasteiger partial charge in [0.1, 0.15) is 28.5 Å². The van der Waals surface area contributed by atoms with Crippen LogP contribution in [0.25, 0.3) is 22.2 Å². The van der Waals surface area contributed by atoms with Crippen molar-refractivity contribution in [3.63, 3.8) is 0 Å². The van der Waals surface area contributed by atoms with Crippen molar-refractivity contribution >= 4 is 34.0 Å². The van der Waals surface area contributed by atoms with Gasteiger partial charge in [-0.15, -0.1) is 0 Å². The topological polar surface area (TPSA) is 108 Å². The Morgan fingerprint density at radius 3 is 2.73 bits per heavy atom. The fraction of sp³-hybridized carbons (Fsp3) is 0.567. The monoisotopic (exact) mass is 652 g/mol. The first-order valence-corrected chi connectivity index (χ1v) is 15.3. The van der Waals surface area contributed by atoms with Crippen molar-refractivity contribution in [2.75, 3.05) is 63.8 Å². The van der Waals surface area contributed by atoms with Crippen molar-refractivity contribution in [1.29, 1.82) is 0 Å². The SMILES string of the molecule is CN1c2nc(OCC3(C)CCC4COCCN4C3)nc3c(F)c(-c4cc(N)cc(Cl)c4C(F)(F)F)nc(c23)O[C@H]2COCC[C@@H]21. The number of hydrogen-bond donors (Lipinski definition) is 1. The first kappa shape index (κ1) is 30.5. The molecule has 4 aliphatic heterocycles. The number of alkyl halides is 3. The molecule has 2 aromatic heterocycles. The Balaban J connectivity index is 1.35. The van der Waals surface area contributed by atoms with E-state index >= 15 is 4.39 Å². The Morgan fingerprint density at radius 2 is 1.93 bits per heavy atom. The Kier molecular flexibility index (Phi) is 7.61. The highest BCUT2D eigenvalue weighted by Crippen LogP contribution is 2.47. The zero-order valence-electron chi connectivity index (χ0n) is 24.8. The lowest BCUT2D eigenvalue weighted by Gasteiger charge is -2.46. The number of fused-ring (bicyclic) bond motifs is 2. The smallest absolute Gasteiger partial charge is 0.418 e. The Bertz CT molecular complexity index is 1650. The van der Waals surface area contributed by atoms with Crippen LogP contribution in [0.4, 0.5) is 29.1 Å². The lowest BCUT2D eigenvalue weighted by molar-refractivity contribution is -0.137. The van der Waals surface area contributed by atoms with E-state index in [0.717, 1.165) is 38.1 Å². The Labute approximate surface area is 261 Å². The normalized spacial score (nSPS) is 27.0. The van der Waals surface area contributed by atoms with Gasteiger partial charge in [-0.05, 0) is 31.4 Å². The molecular weight excluding hydrogens is 620 g/mol. The fourth-order valence-corrected chi connectivity index (χ4v) is 7.29. The molecule has 7 rings (SSSR count). The third-order valence-electron chi connectivity index (χ3n) is 9.29. The van der Waals surface area contributed by atoms with Gasteiger partial charge in [-0.1, -0.05) is 18.5 Å². The number of halogens is 5. The van der Waals surface area contributed by atoms with Crippen LogP contribution in [-0.2, 0) is 15.7 Å². The second-order valence-corrected chi connectivity index (χ2v) is 13.0. The summed E-state index contributed by atoms with van der Waals surface area (Å²) in [5, 5.41) is -0.550. The number of morpholine rings is 1. The maximum Gasteiger partial charge on any atom is 0.418 e. The lowest BCUT2D eigenvalue weighted by Crippen LogP contribution is -2.54. The molecule has 0 amide bonds. The van der Waals surface area contributed by atoms with E-state index in [4.69, 9.17) is 41.3 Å². The molecule has 0 spiro atoms. The number of nitrogens with zero attached hydrogens (tertiary/aromatic N) is 5. The second kappa shape index (κ2) is 11.2. The van der Waals surface area contributed by atoms with Crippen LogP contribution in [0.2, 0.25) is 5.02 Å². The van der Waals surface area contributed by atoms with E-state index in [2.05, 4.69) is 21.8 Å². The average molecular weight is 653 g/mol. The molecule has 10 nitrogen and oxygen atoms in total. The van der Waals surface area contributed by atoms with E-state index in [-0.39, 0.29) is 53.2 Å². The number of anilines is 2. The number of likely N-dealkylation sites (N-methyl/N-ethyl adjacent to an activating group) is 1. The van der Waals surface area contributed by atoms with Crippen LogP contribution in [0.5, 0.6) is 11.9 Å². The number of piperidine rings is 1. The third-order valence-corrected chi connectivity index (χ3v) is 9.59. The standard InChI is InChI=1S/C30H33ClF4N6O4/c1-29(5-3-16-11-43-8-6-41(16)13-29)14-44-28-38-25-21-26(39-28)40(2)19-4-7-42-12-20(19)45-27(21)37-24(23(25)32)17-9-15(36)10-18(31)22(17)30(33,34)35/h9-10,16,19-20H,3-8,11-14,36H2,1-2H3/t16?,19-,20-,29?/m0/s1. The predicted octanol–water partition coefficient (Wildman–Crippen LogP) is 4.95. The van der Waals surface area contributed by atoms with E-state index in [1.54, 1.807) is 7.05 Å². The van der Waals surface area contributed by atoms with Gasteiger partial charge < -0.3 is 29.6 Å². The molecule has 45 heavy (non-hydrogen) atoms. The summed E-state index contributed by atoms with van der Waals surface area (Å²) in [6, 6.07) is 2.01. The molecule has 15 heteroatoms. The van der Waals surface area contributed by atoms with Crippen LogP contribution in [0.3, 0.4) is 0 Å². The molecule has 3 saturated heterocycles. The quantitative estimate of drug-likeness (QED) is 0.307. The molecule has 242 valence electrons. The van der Waals surface area contributed by atoms with E-state index < -0.39 is 39.9 Å². The minimum atomic E-state index is -4.93. The average Bonchev–Trinajstić information content (AvgIpc) is 3.11. The Hall–Kier alpha value is -3.20. The first-order chi connectivity index (χ1) is 21.4. The summed E-state index contributed by atoms with van der Waals surface area (Å²) in [5.74, 6) is -0.911. The van der Waals surface area contributed by atoms with Gasteiger partial charge in [0.2, 0.25) is 5.88 Å². The summed E-state index contributed by atoms with van der Waals surface area (Å²) < 4.78 is 83.1. The highest BCUT2D eigenvalue weighted by atomic mass is 35.5. The van der Waals surface area contributed by atoms with Gasteiger partial charge in [-0.25, -0.2) is 9.37 Å². The Morgan fingerprint density at radius 1 is 1.13 bits per heavy atom. The highest BCUT2D eigenvalue weighted by molar-refractivity contribution is 6.32. The third kappa shape index (κ3) is 5.49. The van der Waals surface area contributed by atoms with E-state index in [0.29, 0.717) is 38.1 Å². The lowest BCUT2D eigenvalue weighted by atomic mass is 9.80. The number of aromatic nitrogens is 3. The van der Waals surface area contributed by atoms with Gasteiger partial charge in [-0.2, -0.15) is 23.1 Å². The molecule has 1 aromatic carbocycles. The van der Waals surface area contributed by atoms with Crippen LogP contribution in [0.15, 0.2) is 12.1 Å². The number of benzene rings is 1. The fourth-order valence-electron chi connectivity index (χ4n) is 6.95. The summed E-state index contributed by atoms with van der Waals surface area (Å²) in [4.78, 5) is 17.7. The van der Waals surface area contributed by atoms with Crippen LogP contribution in [-0.4, -0.2) is 91.2 Å². The minimum absolute atomic E-state index is 0.0906. The number of nitrogens with two attached hydrogens (primary N) is 1. The predicted molar refractivity (Wildman–Crippen MR) is 158 cm³/mol. The van der Waals surface area contributed by atoms with Gasteiger partial charge in [0.25, 0.3) is 0 Å². The van der Waals surface area contributed by atoms with Gasteiger partial charge in [0, 0.05) is 49.5 Å². The van der Waals surface area contributed by atoms with E-state index in [1.165, 1.54) is 0 Å². The molecule has 4 aliphatic rings. The van der Waals surface area contributed by atoms with Crippen LogP contribution < -0.4 is 20.1 Å². The molecule has 4 atom stereocenters. The summed E-state index contributed by atoms with van der Waals surface area (Å²) in [6.07, 6.45) is -3.06. The second-order valence-electron chi connectivity index (χ2n) is 12.6. The number of pyridine rings is 1. The number of nitrogen functional groups attached to an aromatic ring is 1. The van der Waals surface area contributed by atoms with Gasteiger partial charge >= 0.3 is 12.2 Å². The molecule has 6 heterocycles. The van der Waals surface area contributed by atoms with Crippen molar-refractivity contribution in [3.05, 3.63) is 28.5 Å². The number of rotatable bonds is 4. The van der Waals surface area contributed by atoms with Gasteiger partial charge in [0.05, 0.1) is 43.1 Å². The molecule has 0 radical (unpaired) electrons. The maximum absolute atomic E-state index is 16.6. The number of hydrogen-bond acceptors (Lipinski definition) is 10. The molecular formula is C30H33ClF4N6O4. The molecule has 0 bridgehead atoms. The molecule has 3 aromatic rings. The molecule has 3 fully saturated rings. The molecule has 2 unspecified atom stereocenters. The van der Waals surface area contributed by atoms with E-state index in [1.807, 2.05) is 4.90 Å². The molecule has 0 aliphatic carbocycles. The van der Waals surface area contributed by atoms with Crippen molar-refractivity contribution in [1.82, 2.24) is 19.9 Å². The molecule has 0 saturated carbocycles. The zero-order valence-corrected chi connectivity index (χ0v) is 25.5.